The van der Waals surface area contributed by atoms with E-state index >= 15 is 0 Å². The van der Waals surface area contributed by atoms with Crippen molar-refractivity contribution in [1.82, 2.24) is 9.88 Å². The van der Waals surface area contributed by atoms with E-state index in [1.807, 2.05) is 24.3 Å². The number of ether oxygens (including phenoxy) is 1. The smallest absolute Gasteiger partial charge is 0.340 e. The predicted molar refractivity (Wildman–Crippen MR) is 88.1 cm³/mol. The van der Waals surface area contributed by atoms with Gasteiger partial charge in [0, 0.05) is 30.2 Å². The number of nitrogens with zero attached hydrogens (tertiary/aromatic N) is 1. The zero-order valence-electron chi connectivity index (χ0n) is 13.5. The predicted octanol–water partition coefficient (Wildman–Crippen LogP) is 2.83. The summed E-state index contributed by atoms with van der Waals surface area (Å²) in [4.78, 5) is 29.3. The first kappa shape index (κ1) is 15.6. The molecule has 5 heteroatoms. The quantitative estimate of drug-likeness (QED) is 0.886. The summed E-state index contributed by atoms with van der Waals surface area (Å²) in [5, 5.41) is 0.810. The molecule has 1 fully saturated rings. The molecule has 1 aliphatic heterocycles. The number of carbonyl (C=O) groups is 2. The Morgan fingerprint density at radius 3 is 2.65 bits per heavy atom. The summed E-state index contributed by atoms with van der Waals surface area (Å²) in [5.41, 5.74) is 1.35. The molecule has 2 atom stereocenters. The Kier molecular flexibility index (Phi) is 4.37. The molecule has 0 aliphatic carbocycles. The number of para-hydroxylation sites is 1. The molecule has 1 aromatic heterocycles. The van der Waals surface area contributed by atoms with Gasteiger partial charge in [0.15, 0.2) is 6.61 Å². The van der Waals surface area contributed by atoms with E-state index in [9.17, 15) is 9.59 Å². The number of piperidine rings is 1. The fourth-order valence-corrected chi connectivity index (χ4v) is 3.40. The minimum absolute atomic E-state index is 0.114. The standard InChI is InChI=1S/C18H22N2O3/c1-12-7-13(2)10-20(9-12)17(21)11-23-18(22)15-8-19-16-6-4-3-5-14(15)16/h3-6,8,12-13,19H,7,9-11H2,1-2H3/t12-,13-/m1/s1. The first-order valence-corrected chi connectivity index (χ1v) is 8.05. The first-order valence-electron chi connectivity index (χ1n) is 8.05. The Labute approximate surface area is 135 Å². The van der Waals surface area contributed by atoms with Crippen LogP contribution in [0.5, 0.6) is 0 Å². The topological polar surface area (TPSA) is 62.4 Å². The number of aromatic amines is 1. The number of aromatic nitrogens is 1. The Balaban J connectivity index is 1.61. The number of amides is 1. The third kappa shape index (κ3) is 3.38. The summed E-state index contributed by atoms with van der Waals surface area (Å²) in [6, 6.07) is 7.52. The second-order valence-corrected chi connectivity index (χ2v) is 6.57. The van der Waals surface area contributed by atoms with E-state index in [1.54, 1.807) is 11.1 Å². The lowest BCUT2D eigenvalue weighted by molar-refractivity contribution is -0.137. The molecule has 0 saturated carbocycles. The van der Waals surface area contributed by atoms with Gasteiger partial charge in [-0.05, 0) is 24.3 Å². The number of likely N-dealkylation sites (tertiary alicyclic amines) is 1. The van der Waals surface area contributed by atoms with E-state index in [-0.39, 0.29) is 12.5 Å². The largest absolute Gasteiger partial charge is 0.452 e. The number of esters is 1. The highest BCUT2D eigenvalue weighted by molar-refractivity contribution is 6.04. The highest BCUT2D eigenvalue weighted by Crippen LogP contribution is 2.21. The van der Waals surface area contributed by atoms with Crippen LogP contribution < -0.4 is 0 Å². The van der Waals surface area contributed by atoms with Gasteiger partial charge in [-0.1, -0.05) is 32.0 Å². The molecule has 0 spiro atoms. The zero-order valence-corrected chi connectivity index (χ0v) is 13.5. The van der Waals surface area contributed by atoms with Crippen molar-refractivity contribution in [3.8, 4) is 0 Å². The van der Waals surface area contributed by atoms with Gasteiger partial charge in [-0.25, -0.2) is 4.79 Å². The molecule has 1 aliphatic rings. The van der Waals surface area contributed by atoms with Crippen molar-refractivity contribution in [3.63, 3.8) is 0 Å². The lowest BCUT2D eigenvalue weighted by Gasteiger charge is -2.34. The van der Waals surface area contributed by atoms with Crippen molar-refractivity contribution >= 4 is 22.8 Å². The van der Waals surface area contributed by atoms with Crippen molar-refractivity contribution in [1.29, 1.82) is 0 Å². The third-order valence-electron chi connectivity index (χ3n) is 4.36. The Bertz CT molecular complexity index is 712. The van der Waals surface area contributed by atoms with E-state index in [2.05, 4.69) is 18.8 Å². The highest BCUT2D eigenvalue weighted by Gasteiger charge is 2.26. The van der Waals surface area contributed by atoms with Crippen LogP contribution in [0, 0.1) is 11.8 Å². The van der Waals surface area contributed by atoms with Gasteiger partial charge < -0.3 is 14.6 Å². The number of nitrogens with one attached hydrogen (secondary N) is 1. The molecule has 2 aromatic rings. The van der Waals surface area contributed by atoms with Crippen molar-refractivity contribution in [2.45, 2.75) is 20.3 Å². The van der Waals surface area contributed by atoms with Crippen molar-refractivity contribution in [3.05, 3.63) is 36.0 Å². The molecule has 0 bridgehead atoms. The molecule has 122 valence electrons. The van der Waals surface area contributed by atoms with Gasteiger partial charge in [-0.3, -0.25) is 4.79 Å². The second-order valence-electron chi connectivity index (χ2n) is 6.57. The third-order valence-corrected chi connectivity index (χ3v) is 4.36. The maximum atomic E-state index is 12.3. The molecule has 23 heavy (non-hydrogen) atoms. The van der Waals surface area contributed by atoms with Gasteiger partial charge in [0.2, 0.25) is 0 Å². The van der Waals surface area contributed by atoms with Gasteiger partial charge >= 0.3 is 5.97 Å². The van der Waals surface area contributed by atoms with Crippen LogP contribution in [0.25, 0.3) is 10.9 Å². The number of rotatable bonds is 3. The van der Waals surface area contributed by atoms with Crippen LogP contribution in [0.1, 0.15) is 30.6 Å². The molecule has 0 unspecified atom stereocenters. The molecule has 1 N–H and O–H groups in total. The van der Waals surface area contributed by atoms with E-state index in [0.717, 1.165) is 30.4 Å². The highest BCUT2D eigenvalue weighted by atomic mass is 16.5. The van der Waals surface area contributed by atoms with Crippen LogP contribution in [0.15, 0.2) is 30.5 Å². The summed E-state index contributed by atoms with van der Waals surface area (Å²) in [5.74, 6) is 0.407. The monoisotopic (exact) mass is 314 g/mol. The first-order chi connectivity index (χ1) is 11.0. The average molecular weight is 314 g/mol. The Hall–Kier alpha value is -2.30. The maximum absolute atomic E-state index is 12.3. The summed E-state index contributed by atoms with van der Waals surface area (Å²) in [7, 11) is 0. The number of fused-ring (bicyclic) bond motifs is 1. The maximum Gasteiger partial charge on any atom is 0.340 e. The number of carbonyl (C=O) groups excluding carboxylic acids is 2. The SMILES string of the molecule is C[C@@H]1C[C@@H](C)CN(C(=O)COC(=O)c2c[nH]c3ccccc23)C1. The molecule has 1 saturated heterocycles. The zero-order chi connectivity index (χ0) is 16.4. The van der Waals surface area contributed by atoms with Gasteiger partial charge in [0.25, 0.3) is 5.91 Å². The van der Waals surface area contributed by atoms with Crippen molar-refractivity contribution in [2.24, 2.45) is 11.8 Å². The van der Waals surface area contributed by atoms with Crippen LogP contribution in [-0.2, 0) is 9.53 Å². The van der Waals surface area contributed by atoms with Gasteiger partial charge in [0.05, 0.1) is 5.56 Å². The van der Waals surface area contributed by atoms with E-state index in [1.165, 1.54) is 0 Å². The number of H-pyrrole nitrogens is 1. The molecule has 0 radical (unpaired) electrons. The number of hydrogen-bond acceptors (Lipinski definition) is 3. The van der Waals surface area contributed by atoms with Gasteiger partial charge in [-0.2, -0.15) is 0 Å². The molecular weight excluding hydrogens is 292 g/mol. The molecule has 1 amide bonds. The Morgan fingerprint density at radius 1 is 1.22 bits per heavy atom. The summed E-state index contributed by atoms with van der Waals surface area (Å²) in [6.45, 7) is 5.58. The van der Waals surface area contributed by atoms with Crippen molar-refractivity contribution < 1.29 is 14.3 Å². The number of benzene rings is 1. The van der Waals surface area contributed by atoms with Crippen molar-refractivity contribution in [2.75, 3.05) is 19.7 Å². The lowest BCUT2D eigenvalue weighted by Crippen LogP contribution is -2.44. The minimum Gasteiger partial charge on any atom is -0.452 e. The summed E-state index contributed by atoms with van der Waals surface area (Å²) >= 11 is 0. The Morgan fingerprint density at radius 2 is 1.91 bits per heavy atom. The van der Waals surface area contributed by atoms with Crippen LogP contribution in [0.4, 0.5) is 0 Å². The van der Waals surface area contributed by atoms with Crippen LogP contribution in [0.2, 0.25) is 0 Å². The molecule has 2 heterocycles. The van der Waals surface area contributed by atoms with E-state index in [4.69, 9.17) is 4.74 Å². The van der Waals surface area contributed by atoms with E-state index < -0.39 is 5.97 Å². The fourth-order valence-electron chi connectivity index (χ4n) is 3.40. The van der Waals surface area contributed by atoms with E-state index in [0.29, 0.717) is 17.4 Å². The number of hydrogen-bond donors (Lipinski definition) is 1. The summed E-state index contributed by atoms with van der Waals surface area (Å²) < 4.78 is 5.23. The van der Waals surface area contributed by atoms with Crippen LogP contribution >= 0.6 is 0 Å². The molecule has 1 aromatic carbocycles. The average Bonchev–Trinajstić information content (AvgIpc) is 2.95. The lowest BCUT2D eigenvalue weighted by atomic mass is 9.92. The minimum atomic E-state index is -0.464. The second kappa shape index (κ2) is 6.44. The molecule has 3 rings (SSSR count). The molecule has 5 nitrogen and oxygen atoms in total. The summed E-state index contributed by atoms with van der Waals surface area (Å²) in [6.07, 6.45) is 2.77. The normalized spacial score (nSPS) is 21.4. The van der Waals surface area contributed by atoms with Crippen LogP contribution in [-0.4, -0.2) is 41.5 Å². The molecular formula is C18H22N2O3. The van der Waals surface area contributed by atoms with Gasteiger partial charge in [0.1, 0.15) is 0 Å². The van der Waals surface area contributed by atoms with Gasteiger partial charge in [-0.15, -0.1) is 0 Å². The fraction of sp³-hybridized carbons (Fsp3) is 0.444. The van der Waals surface area contributed by atoms with Crippen LogP contribution in [0.3, 0.4) is 0 Å².